The zero-order valence-corrected chi connectivity index (χ0v) is 18.9. The van der Waals surface area contributed by atoms with Gasteiger partial charge in [0.15, 0.2) is 0 Å². The first kappa shape index (κ1) is 21.7. The molecule has 0 spiro atoms. The molecular weight excluding hydrogens is 433 g/mol. The first-order valence-electron chi connectivity index (χ1n) is 11.0. The van der Waals surface area contributed by atoms with Crippen LogP contribution in [0.15, 0.2) is 72.8 Å². The number of anilines is 1. The number of amides is 1. The predicted octanol–water partition coefficient (Wildman–Crippen LogP) is 5.38. The van der Waals surface area contributed by atoms with Crippen molar-refractivity contribution >= 4 is 11.7 Å². The largest absolute Gasteiger partial charge is 0.497 e. The van der Waals surface area contributed by atoms with Crippen LogP contribution in [-0.2, 0) is 11.4 Å². The molecule has 0 radical (unpaired) electrons. The van der Waals surface area contributed by atoms with Crippen molar-refractivity contribution in [2.45, 2.75) is 25.9 Å². The van der Waals surface area contributed by atoms with Crippen LogP contribution in [0, 0.1) is 12.7 Å². The summed E-state index contributed by atoms with van der Waals surface area (Å²) in [5.74, 6) is 1.35. The maximum Gasteiger partial charge on any atom is 0.226 e. The first-order valence-corrected chi connectivity index (χ1v) is 11.0. The molecule has 1 aliphatic heterocycles. The third-order valence-electron chi connectivity index (χ3n) is 6.05. The highest BCUT2D eigenvalue weighted by atomic mass is 19.1. The van der Waals surface area contributed by atoms with Crippen LogP contribution in [0.5, 0.6) is 11.5 Å². The molecule has 5 rings (SSSR count). The Morgan fingerprint density at radius 2 is 1.79 bits per heavy atom. The predicted molar refractivity (Wildman–Crippen MR) is 127 cm³/mol. The third kappa shape index (κ3) is 4.01. The minimum Gasteiger partial charge on any atom is -0.497 e. The number of halogens is 1. The minimum atomic E-state index is -0.309. The van der Waals surface area contributed by atoms with Crippen molar-refractivity contribution in [3.05, 3.63) is 101 Å². The molecule has 1 aromatic heterocycles. The van der Waals surface area contributed by atoms with Gasteiger partial charge in [0, 0.05) is 29.0 Å². The van der Waals surface area contributed by atoms with Gasteiger partial charge in [-0.1, -0.05) is 36.4 Å². The molecule has 0 unspecified atom stereocenters. The highest BCUT2D eigenvalue weighted by Gasteiger charge is 2.34. The van der Waals surface area contributed by atoms with E-state index in [0.29, 0.717) is 17.1 Å². The summed E-state index contributed by atoms with van der Waals surface area (Å²) in [4.78, 5) is 12.8. The number of rotatable bonds is 6. The molecule has 0 aliphatic carbocycles. The van der Waals surface area contributed by atoms with E-state index < -0.39 is 0 Å². The van der Waals surface area contributed by atoms with Gasteiger partial charge in [-0.3, -0.25) is 4.79 Å². The van der Waals surface area contributed by atoms with Crippen LogP contribution in [0.1, 0.15) is 34.7 Å². The SMILES string of the molecule is COc1ccc(-n2nc(C)c3c2NC(=O)C[C@@H]3c2ccccc2OCc2ccccc2F)cc1. The fourth-order valence-electron chi connectivity index (χ4n) is 4.39. The van der Waals surface area contributed by atoms with Gasteiger partial charge in [-0.25, -0.2) is 9.07 Å². The molecule has 0 saturated carbocycles. The number of aromatic nitrogens is 2. The van der Waals surface area contributed by atoms with Crippen molar-refractivity contribution in [3.8, 4) is 17.2 Å². The van der Waals surface area contributed by atoms with Crippen molar-refractivity contribution in [3.63, 3.8) is 0 Å². The summed E-state index contributed by atoms with van der Waals surface area (Å²) in [5.41, 5.74) is 3.92. The molecule has 172 valence electrons. The minimum absolute atomic E-state index is 0.0968. The summed E-state index contributed by atoms with van der Waals surface area (Å²) in [6, 6.07) is 21.6. The van der Waals surface area contributed by atoms with Crippen LogP contribution in [0.3, 0.4) is 0 Å². The lowest BCUT2D eigenvalue weighted by Gasteiger charge is -2.26. The van der Waals surface area contributed by atoms with Crippen LogP contribution < -0.4 is 14.8 Å². The van der Waals surface area contributed by atoms with Gasteiger partial charge in [0.25, 0.3) is 0 Å². The molecule has 1 N–H and O–H groups in total. The fourth-order valence-corrected chi connectivity index (χ4v) is 4.39. The van der Waals surface area contributed by atoms with Crippen LogP contribution in [0.25, 0.3) is 5.69 Å². The van der Waals surface area contributed by atoms with Crippen molar-refractivity contribution in [2.24, 2.45) is 0 Å². The lowest BCUT2D eigenvalue weighted by molar-refractivity contribution is -0.116. The summed E-state index contributed by atoms with van der Waals surface area (Å²) < 4.78 is 27.2. The number of methoxy groups -OCH3 is 1. The molecule has 0 fully saturated rings. The van der Waals surface area contributed by atoms with E-state index in [-0.39, 0.29) is 30.7 Å². The molecule has 4 aromatic rings. The Hall–Kier alpha value is -4.13. The fraction of sp³-hybridized carbons (Fsp3) is 0.185. The summed E-state index contributed by atoms with van der Waals surface area (Å²) in [6.07, 6.45) is 0.266. The maximum atomic E-state index is 14.1. The highest BCUT2D eigenvalue weighted by molar-refractivity contribution is 5.95. The van der Waals surface area contributed by atoms with Gasteiger partial charge >= 0.3 is 0 Å². The van der Waals surface area contributed by atoms with Gasteiger partial charge < -0.3 is 14.8 Å². The summed E-state index contributed by atoms with van der Waals surface area (Å²) in [7, 11) is 1.62. The van der Waals surface area contributed by atoms with E-state index in [1.165, 1.54) is 6.07 Å². The molecule has 1 aliphatic rings. The van der Waals surface area contributed by atoms with Gasteiger partial charge in [-0.05, 0) is 43.3 Å². The second-order valence-electron chi connectivity index (χ2n) is 8.18. The number of benzene rings is 3. The first-order chi connectivity index (χ1) is 16.5. The normalized spacial score (nSPS) is 14.9. The lowest BCUT2D eigenvalue weighted by Crippen LogP contribution is -2.25. The number of carbonyl (C=O) groups excluding carboxylic acids is 1. The topological polar surface area (TPSA) is 65.4 Å². The van der Waals surface area contributed by atoms with Gasteiger partial charge in [0.1, 0.15) is 29.7 Å². The Morgan fingerprint density at radius 1 is 1.06 bits per heavy atom. The van der Waals surface area contributed by atoms with E-state index in [9.17, 15) is 9.18 Å². The Balaban J connectivity index is 1.53. The number of nitrogens with one attached hydrogen (secondary N) is 1. The van der Waals surface area contributed by atoms with Gasteiger partial charge in [0.05, 0.1) is 18.5 Å². The maximum absolute atomic E-state index is 14.1. The Morgan fingerprint density at radius 3 is 2.56 bits per heavy atom. The number of ether oxygens (including phenoxy) is 2. The molecule has 7 heteroatoms. The Labute approximate surface area is 196 Å². The van der Waals surface area contributed by atoms with E-state index in [1.54, 1.807) is 30.0 Å². The Bertz CT molecular complexity index is 1350. The molecule has 0 saturated heterocycles. The number of carbonyl (C=O) groups is 1. The standard InChI is InChI=1S/C27H24FN3O3/c1-17-26-22(21-8-4-6-10-24(21)34-16-18-7-3-5-9-23(18)28)15-25(32)29-27(26)31(30-17)19-11-13-20(33-2)14-12-19/h3-14,22H,15-16H2,1-2H3,(H,29,32)/t22-/m1/s1. The monoisotopic (exact) mass is 457 g/mol. The van der Waals surface area contributed by atoms with Crippen molar-refractivity contribution < 1.29 is 18.7 Å². The van der Waals surface area contributed by atoms with E-state index in [1.807, 2.05) is 55.5 Å². The number of fused-ring (bicyclic) bond motifs is 1. The molecule has 3 aromatic carbocycles. The molecule has 0 bridgehead atoms. The van der Waals surface area contributed by atoms with E-state index in [2.05, 4.69) is 5.32 Å². The average molecular weight is 458 g/mol. The third-order valence-corrected chi connectivity index (χ3v) is 6.05. The van der Waals surface area contributed by atoms with Crippen molar-refractivity contribution in [1.82, 2.24) is 9.78 Å². The molecule has 34 heavy (non-hydrogen) atoms. The van der Waals surface area contributed by atoms with Gasteiger partial charge in [0.2, 0.25) is 5.91 Å². The van der Waals surface area contributed by atoms with Crippen molar-refractivity contribution in [1.29, 1.82) is 0 Å². The second-order valence-corrected chi connectivity index (χ2v) is 8.18. The highest BCUT2D eigenvalue weighted by Crippen LogP contribution is 2.43. The quantitative estimate of drug-likeness (QED) is 0.422. The summed E-state index contributed by atoms with van der Waals surface area (Å²) in [6.45, 7) is 2.03. The smallest absolute Gasteiger partial charge is 0.226 e. The number of para-hydroxylation sites is 1. The zero-order chi connectivity index (χ0) is 23.7. The van der Waals surface area contributed by atoms with Crippen LogP contribution in [0.2, 0.25) is 0 Å². The van der Waals surface area contributed by atoms with Gasteiger partial charge in [-0.15, -0.1) is 0 Å². The number of nitrogens with zero attached hydrogens (tertiary/aromatic N) is 2. The van der Waals surface area contributed by atoms with Crippen LogP contribution in [0.4, 0.5) is 10.2 Å². The van der Waals surface area contributed by atoms with Crippen LogP contribution in [-0.4, -0.2) is 22.8 Å². The molecule has 1 amide bonds. The Kier molecular flexibility index (Phi) is 5.76. The van der Waals surface area contributed by atoms with Crippen LogP contribution >= 0.6 is 0 Å². The number of hydrogen-bond donors (Lipinski definition) is 1. The second kappa shape index (κ2) is 9.02. The van der Waals surface area contributed by atoms with Crippen molar-refractivity contribution in [2.75, 3.05) is 12.4 Å². The molecule has 2 heterocycles. The number of aryl methyl sites for hydroxylation is 1. The number of hydrogen-bond acceptors (Lipinski definition) is 4. The van der Waals surface area contributed by atoms with E-state index in [4.69, 9.17) is 14.6 Å². The van der Waals surface area contributed by atoms with E-state index >= 15 is 0 Å². The van der Waals surface area contributed by atoms with E-state index in [0.717, 1.165) is 28.3 Å². The molecular formula is C27H24FN3O3. The summed E-state index contributed by atoms with van der Waals surface area (Å²) >= 11 is 0. The molecule has 6 nitrogen and oxygen atoms in total. The lowest BCUT2D eigenvalue weighted by atomic mass is 9.85. The average Bonchev–Trinajstić information content (AvgIpc) is 3.19. The van der Waals surface area contributed by atoms with Gasteiger partial charge in [-0.2, -0.15) is 5.10 Å². The molecule has 1 atom stereocenters. The summed E-state index contributed by atoms with van der Waals surface area (Å²) in [5, 5.41) is 7.73. The zero-order valence-electron chi connectivity index (χ0n) is 18.9.